The SMILES string of the molecule is COc1ccccc1[C@@H](OC(=O)c1cccs1)C(=O)NC1CCCC1. The normalized spacial score (nSPS) is 15.6. The molecule has 0 saturated heterocycles. The van der Waals surface area contributed by atoms with Crippen LogP contribution in [0.3, 0.4) is 0 Å². The van der Waals surface area contributed by atoms with E-state index >= 15 is 0 Å². The molecule has 1 N–H and O–H groups in total. The molecular weight excluding hydrogens is 338 g/mol. The smallest absolute Gasteiger partial charge is 0.349 e. The van der Waals surface area contributed by atoms with Gasteiger partial charge in [0.25, 0.3) is 5.91 Å². The van der Waals surface area contributed by atoms with Crippen LogP contribution in [-0.2, 0) is 9.53 Å². The number of hydrogen-bond acceptors (Lipinski definition) is 5. The fourth-order valence-electron chi connectivity index (χ4n) is 3.05. The summed E-state index contributed by atoms with van der Waals surface area (Å²) in [6, 6.07) is 10.7. The molecule has 0 radical (unpaired) electrons. The van der Waals surface area contributed by atoms with E-state index < -0.39 is 12.1 Å². The third-order valence-corrected chi connectivity index (χ3v) is 5.16. The van der Waals surface area contributed by atoms with E-state index in [1.165, 1.54) is 18.4 Å². The molecule has 5 nitrogen and oxygen atoms in total. The quantitative estimate of drug-likeness (QED) is 0.799. The molecule has 6 heteroatoms. The highest BCUT2D eigenvalue weighted by atomic mass is 32.1. The van der Waals surface area contributed by atoms with Gasteiger partial charge in [-0.15, -0.1) is 11.3 Å². The van der Waals surface area contributed by atoms with Crippen molar-refractivity contribution in [3.63, 3.8) is 0 Å². The largest absolute Gasteiger partial charge is 0.496 e. The minimum absolute atomic E-state index is 0.144. The molecule has 0 unspecified atom stereocenters. The van der Waals surface area contributed by atoms with Crippen molar-refractivity contribution in [2.24, 2.45) is 0 Å². The van der Waals surface area contributed by atoms with Gasteiger partial charge in [0.2, 0.25) is 6.10 Å². The van der Waals surface area contributed by atoms with Crippen LogP contribution >= 0.6 is 11.3 Å². The molecule has 132 valence electrons. The van der Waals surface area contributed by atoms with E-state index in [9.17, 15) is 9.59 Å². The van der Waals surface area contributed by atoms with Crippen LogP contribution in [0.25, 0.3) is 0 Å². The number of hydrogen-bond donors (Lipinski definition) is 1. The Balaban J connectivity index is 1.84. The first-order chi connectivity index (χ1) is 12.2. The Morgan fingerprint density at radius 3 is 2.60 bits per heavy atom. The molecule has 1 heterocycles. The van der Waals surface area contributed by atoms with E-state index in [0.29, 0.717) is 16.2 Å². The number of carbonyl (C=O) groups is 2. The van der Waals surface area contributed by atoms with Crippen LogP contribution in [0.5, 0.6) is 5.75 Å². The molecular formula is C19H21NO4S. The van der Waals surface area contributed by atoms with Crippen LogP contribution in [0, 0.1) is 0 Å². The molecule has 3 rings (SSSR count). The lowest BCUT2D eigenvalue weighted by Crippen LogP contribution is -2.38. The van der Waals surface area contributed by atoms with Gasteiger partial charge in [-0.3, -0.25) is 4.79 Å². The summed E-state index contributed by atoms with van der Waals surface area (Å²) in [5.74, 6) is -0.290. The number of nitrogens with one attached hydrogen (secondary N) is 1. The third-order valence-electron chi connectivity index (χ3n) is 4.31. The lowest BCUT2D eigenvalue weighted by molar-refractivity contribution is -0.131. The van der Waals surface area contributed by atoms with E-state index in [1.54, 1.807) is 35.7 Å². The zero-order valence-electron chi connectivity index (χ0n) is 14.1. The van der Waals surface area contributed by atoms with Gasteiger partial charge in [-0.2, -0.15) is 0 Å². The van der Waals surface area contributed by atoms with Gasteiger partial charge < -0.3 is 14.8 Å². The first kappa shape index (κ1) is 17.5. The summed E-state index contributed by atoms with van der Waals surface area (Å²) >= 11 is 1.29. The molecule has 1 aromatic carbocycles. The van der Waals surface area contributed by atoms with Crippen LogP contribution in [-0.4, -0.2) is 25.0 Å². The first-order valence-corrected chi connectivity index (χ1v) is 9.25. The van der Waals surface area contributed by atoms with E-state index in [2.05, 4.69) is 5.32 Å². The molecule has 25 heavy (non-hydrogen) atoms. The van der Waals surface area contributed by atoms with Crippen molar-refractivity contribution in [1.29, 1.82) is 0 Å². The molecule has 0 spiro atoms. The molecule has 1 aromatic heterocycles. The Kier molecular flexibility index (Phi) is 5.71. The average Bonchev–Trinajstić information content (AvgIpc) is 3.33. The number of methoxy groups -OCH3 is 1. The van der Waals surface area contributed by atoms with Crippen LogP contribution in [0.1, 0.15) is 47.0 Å². The third kappa shape index (κ3) is 4.20. The highest BCUT2D eigenvalue weighted by Crippen LogP contribution is 2.30. The number of para-hydroxylation sites is 1. The summed E-state index contributed by atoms with van der Waals surface area (Å²) in [7, 11) is 1.53. The Hall–Kier alpha value is -2.34. The van der Waals surface area contributed by atoms with Gasteiger partial charge in [-0.05, 0) is 30.4 Å². The zero-order chi connectivity index (χ0) is 17.6. The number of amides is 1. The monoisotopic (exact) mass is 359 g/mol. The van der Waals surface area contributed by atoms with Crippen molar-refractivity contribution in [2.75, 3.05) is 7.11 Å². The maximum atomic E-state index is 12.8. The van der Waals surface area contributed by atoms with Crippen LogP contribution in [0.15, 0.2) is 41.8 Å². The zero-order valence-corrected chi connectivity index (χ0v) is 14.9. The molecule has 1 saturated carbocycles. The van der Waals surface area contributed by atoms with Crippen molar-refractivity contribution in [2.45, 2.75) is 37.8 Å². The highest BCUT2D eigenvalue weighted by molar-refractivity contribution is 7.11. The van der Waals surface area contributed by atoms with Crippen LogP contribution < -0.4 is 10.1 Å². The lowest BCUT2D eigenvalue weighted by atomic mass is 10.1. The number of thiophene rings is 1. The predicted molar refractivity (Wildman–Crippen MR) is 95.9 cm³/mol. The average molecular weight is 359 g/mol. The molecule has 0 aliphatic heterocycles. The van der Waals surface area contributed by atoms with Gasteiger partial charge >= 0.3 is 5.97 Å². The van der Waals surface area contributed by atoms with E-state index in [-0.39, 0.29) is 11.9 Å². The van der Waals surface area contributed by atoms with Gasteiger partial charge in [-0.25, -0.2) is 4.79 Å². The highest BCUT2D eigenvalue weighted by Gasteiger charge is 2.30. The van der Waals surface area contributed by atoms with E-state index in [1.807, 2.05) is 6.07 Å². The fraction of sp³-hybridized carbons (Fsp3) is 0.368. The molecule has 0 bridgehead atoms. The van der Waals surface area contributed by atoms with Crippen molar-refractivity contribution < 1.29 is 19.1 Å². The molecule has 1 fully saturated rings. The van der Waals surface area contributed by atoms with Crippen molar-refractivity contribution in [3.05, 3.63) is 52.2 Å². The summed E-state index contributed by atoms with van der Waals surface area (Å²) in [4.78, 5) is 25.7. The van der Waals surface area contributed by atoms with Gasteiger partial charge in [0.1, 0.15) is 10.6 Å². The molecule has 1 aliphatic carbocycles. The van der Waals surface area contributed by atoms with Gasteiger partial charge in [0.15, 0.2) is 0 Å². The summed E-state index contributed by atoms with van der Waals surface area (Å²) in [5, 5.41) is 4.81. The maximum Gasteiger partial charge on any atom is 0.349 e. The molecule has 1 atom stereocenters. The summed E-state index contributed by atoms with van der Waals surface area (Å²) in [6.45, 7) is 0. The lowest BCUT2D eigenvalue weighted by Gasteiger charge is -2.21. The number of esters is 1. The summed E-state index contributed by atoms with van der Waals surface area (Å²) in [6.07, 6.45) is 3.11. The second kappa shape index (κ2) is 8.16. The fourth-order valence-corrected chi connectivity index (χ4v) is 3.65. The second-order valence-electron chi connectivity index (χ2n) is 5.99. The predicted octanol–water partition coefficient (Wildman–Crippen LogP) is 3.71. The van der Waals surface area contributed by atoms with Gasteiger partial charge in [0.05, 0.1) is 7.11 Å². The van der Waals surface area contributed by atoms with Crippen molar-refractivity contribution in [1.82, 2.24) is 5.32 Å². The van der Waals surface area contributed by atoms with Crippen LogP contribution in [0.4, 0.5) is 0 Å². The summed E-state index contributed by atoms with van der Waals surface area (Å²) in [5.41, 5.74) is 0.547. The maximum absolute atomic E-state index is 12.8. The number of carbonyl (C=O) groups excluding carboxylic acids is 2. The first-order valence-electron chi connectivity index (χ1n) is 8.37. The molecule has 1 amide bonds. The minimum Gasteiger partial charge on any atom is -0.496 e. The standard InChI is InChI=1S/C19H21NO4S/c1-23-15-10-5-4-9-14(15)17(18(21)20-13-7-2-3-8-13)24-19(22)16-11-6-12-25-16/h4-6,9-13,17H,2-3,7-8H2,1H3,(H,20,21)/t17-/m1/s1. The Morgan fingerprint density at radius 2 is 1.92 bits per heavy atom. The Labute approximate surface area is 151 Å². The minimum atomic E-state index is -1.04. The van der Waals surface area contributed by atoms with E-state index in [4.69, 9.17) is 9.47 Å². The summed E-state index contributed by atoms with van der Waals surface area (Å²) < 4.78 is 10.9. The van der Waals surface area contributed by atoms with Gasteiger partial charge in [-0.1, -0.05) is 37.1 Å². The van der Waals surface area contributed by atoms with Crippen molar-refractivity contribution in [3.8, 4) is 5.75 Å². The van der Waals surface area contributed by atoms with Crippen molar-refractivity contribution >= 4 is 23.2 Å². The molecule has 2 aromatic rings. The number of benzene rings is 1. The van der Waals surface area contributed by atoms with E-state index in [0.717, 1.165) is 25.7 Å². The number of rotatable bonds is 6. The van der Waals surface area contributed by atoms with Crippen LogP contribution in [0.2, 0.25) is 0 Å². The Bertz CT molecular complexity index is 723. The topological polar surface area (TPSA) is 64.6 Å². The second-order valence-corrected chi connectivity index (χ2v) is 6.94. The van der Waals surface area contributed by atoms with Gasteiger partial charge in [0, 0.05) is 11.6 Å². The number of ether oxygens (including phenoxy) is 2. The Morgan fingerprint density at radius 1 is 1.16 bits per heavy atom. The molecule has 1 aliphatic rings.